The highest BCUT2D eigenvalue weighted by molar-refractivity contribution is 6.21. The van der Waals surface area contributed by atoms with Crippen LogP contribution in [0.5, 0.6) is 0 Å². The Hall–Kier alpha value is -3.19. The molecule has 4 nitrogen and oxygen atoms in total. The molecule has 4 heteroatoms. The predicted octanol–water partition coefficient (Wildman–Crippen LogP) is 3.00. The van der Waals surface area contributed by atoms with Gasteiger partial charge in [-0.05, 0) is 35.4 Å². The smallest absolute Gasteiger partial charge is 0.261 e. The maximum absolute atomic E-state index is 12.3. The summed E-state index contributed by atoms with van der Waals surface area (Å²) in [7, 11) is 0. The Bertz CT molecular complexity index is 811. The van der Waals surface area contributed by atoms with Crippen LogP contribution in [0.2, 0.25) is 0 Å². The van der Waals surface area contributed by atoms with E-state index in [1.165, 1.54) is 4.90 Å². The van der Waals surface area contributed by atoms with Gasteiger partial charge in [0.2, 0.25) is 0 Å². The van der Waals surface area contributed by atoms with Crippen molar-refractivity contribution in [2.24, 2.45) is 0 Å². The zero-order valence-corrected chi connectivity index (χ0v) is 11.7. The van der Waals surface area contributed by atoms with E-state index >= 15 is 0 Å². The monoisotopic (exact) mass is 288 g/mol. The minimum atomic E-state index is -0.287. The second-order valence-corrected chi connectivity index (χ2v) is 4.98. The fourth-order valence-corrected chi connectivity index (χ4v) is 2.55. The summed E-state index contributed by atoms with van der Waals surface area (Å²) < 4.78 is 0. The van der Waals surface area contributed by atoms with Crippen LogP contribution in [-0.4, -0.2) is 16.7 Å². The molecule has 0 N–H and O–H groups in total. The number of rotatable bonds is 3. The fourth-order valence-electron chi connectivity index (χ4n) is 2.55. The van der Waals surface area contributed by atoms with Crippen molar-refractivity contribution in [3.05, 3.63) is 76.9 Å². The lowest BCUT2D eigenvalue weighted by molar-refractivity contribution is 0.0642. The minimum Gasteiger partial charge on any atom is -0.270 e. The average Bonchev–Trinajstić information content (AvgIpc) is 2.80. The molecule has 0 bridgehead atoms. The Morgan fingerprint density at radius 3 is 2.27 bits per heavy atom. The van der Waals surface area contributed by atoms with Crippen molar-refractivity contribution in [2.75, 3.05) is 0 Å². The molecule has 106 valence electrons. The van der Waals surface area contributed by atoms with Gasteiger partial charge in [-0.2, -0.15) is 5.26 Å². The summed E-state index contributed by atoms with van der Waals surface area (Å²) in [5, 5.41) is 9.01. The van der Waals surface area contributed by atoms with Crippen LogP contribution in [0.25, 0.3) is 6.08 Å². The van der Waals surface area contributed by atoms with Gasteiger partial charge in [-0.15, -0.1) is 0 Å². The number of nitriles is 1. The lowest BCUT2D eigenvalue weighted by Gasteiger charge is -2.14. The zero-order chi connectivity index (χ0) is 15.7. The van der Waals surface area contributed by atoms with Gasteiger partial charge in [0.15, 0.2) is 0 Å². The first-order chi connectivity index (χ1) is 10.7. The SMILES string of the molecule is C=Cc1cc(CN2C(=O)c3ccccc3C2=O)ccc1C#N. The minimum absolute atomic E-state index is 0.179. The highest BCUT2D eigenvalue weighted by Gasteiger charge is 2.34. The normalized spacial score (nSPS) is 13.0. The number of carbonyl (C=O) groups is 2. The van der Waals surface area contributed by atoms with E-state index in [2.05, 4.69) is 12.6 Å². The van der Waals surface area contributed by atoms with Crippen LogP contribution in [-0.2, 0) is 6.54 Å². The van der Waals surface area contributed by atoms with Gasteiger partial charge in [0, 0.05) is 0 Å². The number of hydrogen-bond acceptors (Lipinski definition) is 3. The largest absolute Gasteiger partial charge is 0.270 e. The highest BCUT2D eigenvalue weighted by Crippen LogP contribution is 2.25. The van der Waals surface area contributed by atoms with Crippen LogP contribution >= 0.6 is 0 Å². The summed E-state index contributed by atoms with van der Waals surface area (Å²) in [5.74, 6) is -0.574. The Morgan fingerprint density at radius 2 is 1.73 bits per heavy atom. The topological polar surface area (TPSA) is 61.2 Å². The summed E-state index contributed by atoms with van der Waals surface area (Å²) in [5.41, 5.74) is 2.86. The van der Waals surface area contributed by atoms with Crippen molar-refractivity contribution >= 4 is 17.9 Å². The van der Waals surface area contributed by atoms with Crippen LogP contribution in [0.15, 0.2) is 49.0 Å². The van der Waals surface area contributed by atoms with E-state index in [0.29, 0.717) is 22.3 Å². The second kappa shape index (κ2) is 5.30. The van der Waals surface area contributed by atoms with Crippen LogP contribution in [0.3, 0.4) is 0 Å². The van der Waals surface area contributed by atoms with Gasteiger partial charge >= 0.3 is 0 Å². The van der Waals surface area contributed by atoms with E-state index in [9.17, 15) is 9.59 Å². The molecule has 22 heavy (non-hydrogen) atoms. The van der Waals surface area contributed by atoms with Gasteiger partial charge in [0.05, 0.1) is 29.3 Å². The predicted molar refractivity (Wildman–Crippen MR) is 81.9 cm³/mol. The molecule has 1 aliphatic rings. The molecule has 0 saturated heterocycles. The molecule has 0 saturated carbocycles. The molecule has 0 unspecified atom stereocenters. The van der Waals surface area contributed by atoms with Crippen LogP contribution in [0, 0.1) is 11.3 Å². The third kappa shape index (κ3) is 2.09. The van der Waals surface area contributed by atoms with Crippen molar-refractivity contribution in [3.8, 4) is 6.07 Å². The number of fused-ring (bicyclic) bond motifs is 1. The van der Waals surface area contributed by atoms with E-state index in [-0.39, 0.29) is 18.4 Å². The molecule has 3 rings (SSSR count). The van der Waals surface area contributed by atoms with E-state index in [4.69, 9.17) is 5.26 Å². The standard InChI is InChI=1S/C18H12N2O2/c1-2-13-9-12(7-8-14(13)10-19)11-20-17(21)15-5-3-4-6-16(15)18(20)22/h2-9H,1,11H2. The van der Waals surface area contributed by atoms with Gasteiger partial charge in [0.25, 0.3) is 11.8 Å². The lowest BCUT2D eigenvalue weighted by atomic mass is 10.0. The average molecular weight is 288 g/mol. The first kappa shape index (κ1) is 13.8. The molecule has 0 aromatic heterocycles. The molecule has 0 fully saturated rings. The van der Waals surface area contributed by atoms with Crippen LogP contribution in [0.4, 0.5) is 0 Å². The molecular weight excluding hydrogens is 276 g/mol. The fraction of sp³-hybridized carbons (Fsp3) is 0.0556. The summed E-state index contributed by atoms with van der Waals surface area (Å²) in [6.45, 7) is 3.86. The third-order valence-electron chi connectivity index (χ3n) is 3.68. The molecule has 0 atom stereocenters. The molecule has 0 spiro atoms. The number of amides is 2. The van der Waals surface area contributed by atoms with Crippen molar-refractivity contribution in [1.82, 2.24) is 4.90 Å². The molecule has 0 aliphatic carbocycles. The maximum Gasteiger partial charge on any atom is 0.261 e. The van der Waals surface area contributed by atoms with E-state index < -0.39 is 0 Å². The summed E-state index contributed by atoms with van der Waals surface area (Å²) in [6, 6.07) is 14.1. The van der Waals surface area contributed by atoms with Gasteiger partial charge in [-0.25, -0.2) is 0 Å². The van der Waals surface area contributed by atoms with Crippen molar-refractivity contribution in [1.29, 1.82) is 5.26 Å². The Kier molecular flexibility index (Phi) is 3.32. The number of nitrogens with zero attached hydrogens (tertiary/aromatic N) is 2. The van der Waals surface area contributed by atoms with E-state index in [1.54, 1.807) is 48.5 Å². The van der Waals surface area contributed by atoms with E-state index in [0.717, 1.165) is 5.56 Å². The number of carbonyl (C=O) groups excluding carboxylic acids is 2. The van der Waals surface area contributed by atoms with Crippen molar-refractivity contribution in [2.45, 2.75) is 6.54 Å². The van der Waals surface area contributed by atoms with Crippen molar-refractivity contribution in [3.63, 3.8) is 0 Å². The highest BCUT2D eigenvalue weighted by atomic mass is 16.2. The van der Waals surface area contributed by atoms with Crippen molar-refractivity contribution < 1.29 is 9.59 Å². The Morgan fingerprint density at radius 1 is 1.09 bits per heavy atom. The summed E-state index contributed by atoms with van der Waals surface area (Å²) >= 11 is 0. The van der Waals surface area contributed by atoms with Gasteiger partial charge in [-0.3, -0.25) is 14.5 Å². The molecule has 0 radical (unpaired) electrons. The molecule has 2 amide bonds. The Labute approximate surface area is 127 Å². The molecule has 1 heterocycles. The zero-order valence-electron chi connectivity index (χ0n) is 11.7. The number of benzene rings is 2. The maximum atomic E-state index is 12.3. The lowest BCUT2D eigenvalue weighted by Crippen LogP contribution is -2.29. The molecule has 1 aliphatic heterocycles. The van der Waals surface area contributed by atoms with Crippen LogP contribution < -0.4 is 0 Å². The molecule has 2 aromatic rings. The number of hydrogen-bond donors (Lipinski definition) is 0. The third-order valence-corrected chi connectivity index (χ3v) is 3.68. The number of imide groups is 1. The first-order valence-electron chi connectivity index (χ1n) is 6.76. The quantitative estimate of drug-likeness (QED) is 0.816. The summed E-state index contributed by atoms with van der Waals surface area (Å²) in [6.07, 6.45) is 1.59. The summed E-state index contributed by atoms with van der Waals surface area (Å²) in [4.78, 5) is 25.9. The van der Waals surface area contributed by atoms with Gasteiger partial charge in [-0.1, -0.05) is 30.9 Å². The second-order valence-electron chi connectivity index (χ2n) is 4.98. The van der Waals surface area contributed by atoms with Gasteiger partial charge in [0.1, 0.15) is 0 Å². The molecular formula is C18H12N2O2. The van der Waals surface area contributed by atoms with E-state index in [1.807, 2.05) is 0 Å². The first-order valence-corrected chi connectivity index (χ1v) is 6.76. The molecule has 2 aromatic carbocycles. The Balaban J connectivity index is 1.92. The van der Waals surface area contributed by atoms with Crippen LogP contribution in [0.1, 0.15) is 37.4 Å². The van der Waals surface area contributed by atoms with Gasteiger partial charge < -0.3 is 0 Å².